The van der Waals surface area contributed by atoms with E-state index in [1.165, 1.54) is 12.1 Å². The smallest absolute Gasteiger partial charge is 0.357 e. The number of benzene rings is 3. The van der Waals surface area contributed by atoms with Crippen LogP contribution in [0.25, 0.3) is 6.08 Å². The number of carbonyl (C=O) groups is 3. The predicted octanol–water partition coefficient (Wildman–Crippen LogP) is 5.51. The van der Waals surface area contributed by atoms with E-state index in [4.69, 9.17) is 11.6 Å². The first kappa shape index (κ1) is 24.2. The van der Waals surface area contributed by atoms with Crippen molar-refractivity contribution in [2.45, 2.75) is 18.3 Å². The summed E-state index contributed by atoms with van der Waals surface area (Å²) in [6.07, 6.45) is -1.32. The van der Waals surface area contributed by atoms with Crippen molar-refractivity contribution in [3.8, 4) is 0 Å². The van der Waals surface area contributed by atoms with Gasteiger partial charge in [-0.2, -0.15) is 13.2 Å². The van der Waals surface area contributed by atoms with Crippen molar-refractivity contribution in [3.05, 3.63) is 101 Å². The second kappa shape index (κ2) is 8.73. The van der Waals surface area contributed by atoms with E-state index >= 15 is 0 Å². The van der Waals surface area contributed by atoms with Gasteiger partial charge in [0, 0.05) is 16.9 Å². The second-order valence-corrected chi connectivity index (χ2v) is 9.79. The Kier molecular flexibility index (Phi) is 5.57. The average molecular weight is 538 g/mol. The monoisotopic (exact) mass is 537 g/mol. The van der Waals surface area contributed by atoms with Crippen molar-refractivity contribution in [2.75, 3.05) is 10.2 Å². The number of amides is 3. The molecule has 0 radical (unpaired) electrons. The van der Waals surface area contributed by atoms with E-state index in [0.717, 1.165) is 23.3 Å². The molecule has 0 saturated carbocycles. The maximum atomic E-state index is 13.8. The van der Waals surface area contributed by atoms with Gasteiger partial charge in [-0.05, 0) is 53.6 Å². The van der Waals surface area contributed by atoms with Gasteiger partial charge in [-0.3, -0.25) is 14.4 Å². The molecule has 38 heavy (non-hydrogen) atoms. The number of fused-ring (bicyclic) bond motifs is 5. The fraction of sp³-hybridized carbons (Fsp3) is 0.179. The third-order valence-electron chi connectivity index (χ3n) is 7.29. The van der Waals surface area contributed by atoms with Crippen LogP contribution in [0, 0.1) is 11.8 Å². The molecule has 10 heteroatoms. The molecule has 3 aliphatic rings. The molecule has 3 heterocycles. The molecule has 0 spiro atoms. The minimum absolute atomic E-state index is 0.428. The lowest BCUT2D eigenvalue weighted by Gasteiger charge is -2.35. The highest BCUT2D eigenvalue weighted by Crippen LogP contribution is 2.54. The lowest BCUT2D eigenvalue weighted by molar-refractivity contribution is -0.137. The van der Waals surface area contributed by atoms with Crippen LogP contribution in [0.1, 0.15) is 22.7 Å². The molecule has 4 atom stereocenters. The van der Waals surface area contributed by atoms with Crippen LogP contribution in [-0.2, 0) is 20.6 Å². The zero-order valence-corrected chi connectivity index (χ0v) is 20.3. The Morgan fingerprint density at radius 3 is 2.26 bits per heavy atom. The molecule has 3 aliphatic heterocycles. The van der Waals surface area contributed by atoms with Crippen molar-refractivity contribution in [2.24, 2.45) is 11.8 Å². The van der Waals surface area contributed by atoms with Crippen molar-refractivity contribution in [3.63, 3.8) is 0 Å². The Bertz CT molecular complexity index is 1500. The zero-order chi connectivity index (χ0) is 26.8. The largest absolute Gasteiger partial charge is 0.418 e. The van der Waals surface area contributed by atoms with Crippen LogP contribution >= 0.6 is 11.6 Å². The number of anilines is 2. The molecule has 2 saturated heterocycles. The predicted molar refractivity (Wildman–Crippen MR) is 135 cm³/mol. The highest BCUT2D eigenvalue weighted by atomic mass is 35.5. The molecule has 0 aromatic heterocycles. The fourth-order valence-electron chi connectivity index (χ4n) is 5.75. The summed E-state index contributed by atoms with van der Waals surface area (Å²) in [5, 5.41) is 3.24. The fourth-order valence-corrected chi connectivity index (χ4v) is 5.88. The Labute approximate surface area is 220 Å². The molecule has 6 rings (SSSR count). The molecule has 0 bridgehead atoms. The van der Waals surface area contributed by atoms with Crippen molar-refractivity contribution in [1.82, 2.24) is 4.90 Å². The Morgan fingerprint density at radius 1 is 0.868 bits per heavy atom. The number of halogens is 4. The van der Waals surface area contributed by atoms with Crippen molar-refractivity contribution in [1.29, 1.82) is 0 Å². The lowest BCUT2D eigenvalue weighted by atomic mass is 9.84. The third kappa shape index (κ3) is 3.68. The Balaban J connectivity index is 1.46. The summed E-state index contributed by atoms with van der Waals surface area (Å²) in [6.45, 7) is 0. The van der Waals surface area contributed by atoms with Gasteiger partial charge in [-0.1, -0.05) is 48.0 Å². The number of alkyl halides is 3. The van der Waals surface area contributed by atoms with Gasteiger partial charge in [-0.25, -0.2) is 4.90 Å². The zero-order valence-electron chi connectivity index (χ0n) is 19.5. The summed E-state index contributed by atoms with van der Waals surface area (Å²) in [6, 6.07) is 16.3. The maximum absolute atomic E-state index is 13.8. The molecule has 6 nitrogen and oxygen atoms in total. The normalized spacial score (nSPS) is 23.8. The number of para-hydroxylation sites is 1. The summed E-state index contributed by atoms with van der Waals surface area (Å²) in [7, 11) is 0. The van der Waals surface area contributed by atoms with Gasteiger partial charge < -0.3 is 10.2 Å². The van der Waals surface area contributed by atoms with E-state index < -0.39 is 59.1 Å². The van der Waals surface area contributed by atoms with Crippen LogP contribution in [0.15, 0.2) is 79.0 Å². The van der Waals surface area contributed by atoms with Gasteiger partial charge >= 0.3 is 6.18 Å². The van der Waals surface area contributed by atoms with Gasteiger partial charge in [0.2, 0.25) is 17.7 Å². The quantitative estimate of drug-likeness (QED) is 0.447. The van der Waals surface area contributed by atoms with Gasteiger partial charge in [0.15, 0.2) is 0 Å². The summed E-state index contributed by atoms with van der Waals surface area (Å²) in [4.78, 5) is 43.6. The summed E-state index contributed by atoms with van der Waals surface area (Å²) in [5.74, 6) is -4.42. The first-order valence-electron chi connectivity index (χ1n) is 11.8. The summed E-state index contributed by atoms with van der Waals surface area (Å²) in [5.41, 5.74) is 0.327. The van der Waals surface area contributed by atoms with E-state index in [1.807, 2.05) is 12.1 Å². The minimum atomic E-state index is -4.79. The molecule has 3 aromatic carbocycles. The van der Waals surface area contributed by atoms with Gasteiger partial charge in [0.25, 0.3) is 0 Å². The van der Waals surface area contributed by atoms with Crippen LogP contribution in [0.5, 0.6) is 0 Å². The van der Waals surface area contributed by atoms with Gasteiger partial charge in [0.05, 0.1) is 29.1 Å². The van der Waals surface area contributed by atoms with Gasteiger partial charge in [0.1, 0.15) is 6.04 Å². The molecule has 0 aliphatic carbocycles. The molecule has 3 amide bonds. The standard InChI is InChI=1S/C28H19ClF3N3O3/c29-16-9-11-17(12-10-16)33-25(36)24-22-21(23-18-6-2-1-5-15(18)13-14-34(23)24)26(37)35(27(22)38)20-8-4-3-7-19(20)28(30,31)32/h1-14,21-24H,(H,33,36)/t21-,22-,23+,24+/m0/s1. The second-order valence-electron chi connectivity index (χ2n) is 9.36. The number of hydrogen-bond acceptors (Lipinski definition) is 4. The first-order valence-corrected chi connectivity index (χ1v) is 12.2. The van der Waals surface area contributed by atoms with E-state index in [2.05, 4.69) is 5.32 Å². The number of nitrogens with zero attached hydrogens (tertiary/aromatic N) is 2. The Morgan fingerprint density at radius 2 is 1.53 bits per heavy atom. The molecule has 2 fully saturated rings. The van der Waals surface area contributed by atoms with E-state index in [9.17, 15) is 27.6 Å². The van der Waals surface area contributed by atoms with E-state index in [1.54, 1.807) is 53.6 Å². The van der Waals surface area contributed by atoms with Crippen LogP contribution in [0.3, 0.4) is 0 Å². The highest BCUT2D eigenvalue weighted by molar-refractivity contribution is 6.30. The highest BCUT2D eigenvalue weighted by Gasteiger charge is 2.65. The minimum Gasteiger partial charge on any atom is -0.357 e. The van der Waals surface area contributed by atoms with Crippen LogP contribution < -0.4 is 10.2 Å². The van der Waals surface area contributed by atoms with E-state index in [0.29, 0.717) is 15.6 Å². The van der Waals surface area contributed by atoms with Crippen molar-refractivity contribution < 1.29 is 27.6 Å². The van der Waals surface area contributed by atoms with Crippen LogP contribution in [0.4, 0.5) is 24.5 Å². The van der Waals surface area contributed by atoms with Crippen molar-refractivity contribution >= 4 is 46.8 Å². The lowest BCUT2D eigenvalue weighted by Crippen LogP contribution is -2.46. The maximum Gasteiger partial charge on any atom is 0.418 e. The third-order valence-corrected chi connectivity index (χ3v) is 7.54. The molecule has 3 aromatic rings. The average Bonchev–Trinajstić information content (AvgIpc) is 3.37. The SMILES string of the molecule is O=C(Nc1ccc(Cl)cc1)[C@H]1[C@H]2C(=O)N(c3ccccc3C(F)(F)F)C(=O)[C@@H]2[C@H]2c3ccccc3C=CN21. The van der Waals surface area contributed by atoms with Crippen LogP contribution in [-0.4, -0.2) is 28.7 Å². The van der Waals surface area contributed by atoms with Crippen LogP contribution in [0.2, 0.25) is 5.02 Å². The molecule has 0 unspecified atom stereocenters. The molecular formula is C28H19ClF3N3O3. The number of nitrogens with one attached hydrogen (secondary N) is 1. The topological polar surface area (TPSA) is 69.7 Å². The number of hydrogen-bond donors (Lipinski definition) is 1. The number of rotatable bonds is 3. The number of carbonyl (C=O) groups excluding carboxylic acids is 3. The molecule has 192 valence electrons. The summed E-state index contributed by atoms with van der Waals surface area (Å²) < 4.78 is 41.5. The first-order chi connectivity index (χ1) is 18.2. The Hall–Kier alpha value is -4.11. The van der Waals surface area contributed by atoms with E-state index in [-0.39, 0.29) is 0 Å². The van der Waals surface area contributed by atoms with Gasteiger partial charge in [-0.15, -0.1) is 0 Å². The molecular weight excluding hydrogens is 519 g/mol. The number of imide groups is 1. The summed E-state index contributed by atoms with van der Waals surface area (Å²) >= 11 is 5.94. The molecule has 1 N–H and O–H groups in total.